The average molecular weight is 238 g/mol. The van der Waals surface area contributed by atoms with Crippen LogP contribution < -0.4 is 0 Å². The first-order valence-electron chi connectivity index (χ1n) is 6.35. The third-order valence-corrected chi connectivity index (χ3v) is 2.83. The summed E-state index contributed by atoms with van der Waals surface area (Å²) in [6.07, 6.45) is 0.687. The highest BCUT2D eigenvalue weighted by atomic mass is 16.3. The Morgan fingerprint density at radius 3 is 2.53 bits per heavy atom. The van der Waals surface area contributed by atoms with Crippen molar-refractivity contribution in [3.63, 3.8) is 0 Å². The lowest BCUT2D eigenvalue weighted by Gasteiger charge is -2.24. The maximum Gasteiger partial charge on any atom is 0.0683 e. The summed E-state index contributed by atoms with van der Waals surface area (Å²) in [5.74, 6) is 6.49. The fourth-order valence-electron chi connectivity index (χ4n) is 2.17. The Bertz CT molecular complexity index is 296. The van der Waals surface area contributed by atoms with E-state index < -0.39 is 0 Å². The number of hydrogen-bond acceptors (Lipinski definition) is 3. The molecule has 3 nitrogen and oxygen atoms in total. The minimum absolute atomic E-state index is 0.0649. The van der Waals surface area contributed by atoms with Gasteiger partial charge in [-0.1, -0.05) is 11.8 Å². The molecule has 1 aliphatic heterocycles. The SMILES string of the molecule is CN(C)CC1CC(O)CN1CC#CC(C)(C)C. The van der Waals surface area contributed by atoms with Crippen LogP contribution >= 0.6 is 0 Å². The number of rotatable bonds is 3. The molecule has 1 fully saturated rings. The van der Waals surface area contributed by atoms with Gasteiger partial charge in [0.15, 0.2) is 0 Å². The molecule has 0 bridgehead atoms. The van der Waals surface area contributed by atoms with Crippen LogP contribution in [0.4, 0.5) is 0 Å². The quantitative estimate of drug-likeness (QED) is 0.744. The van der Waals surface area contributed by atoms with E-state index in [1.54, 1.807) is 0 Å². The van der Waals surface area contributed by atoms with Gasteiger partial charge < -0.3 is 10.0 Å². The Labute approximate surface area is 106 Å². The van der Waals surface area contributed by atoms with E-state index in [0.29, 0.717) is 6.04 Å². The predicted molar refractivity (Wildman–Crippen MR) is 71.8 cm³/mol. The highest BCUT2D eigenvalue weighted by Gasteiger charge is 2.30. The maximum absolute atomic E-state index is 9.73. The van der Waals surface area contributed by atoms with E-state index in [4.69, 9.17) is 0 Å². The second-order valence-electron chi connectivity index (χ2n) is 6.29. The Hall–Kier alpha value is -0.560. The van der Waals surface area contributed by atoms with Crippen molar-refractivity contribution in [2.45, 2.75) is 39.3 Å². The number of β-amino-alcohol motifs (C(OH)–C–C–N with tert-alkyl or cyclic N) is 1. The molecule has 0 aromatic heterocycles. The van der Waals surface area contributed by atoms with Gasteiger partial charge in [-0.25, -0.2) is 0 Å². The van der Waals surface area contributed by atoms with Gasteiger partial charge in [0.2, 0.25) is 0 Å². The average Bonchev–Trinajstić information content (AvgIpc) is 2.43. The lowest BCUT2D eigenvalue weighted by molar-refractivity contribution is 0.179. The summed E-state index contributed by atoms with van der Waals surface area (Å²) in [6.45, 7) is 8.89. The van der Waals surface area contributed by atoms with Crippen molar-refractivity contribution in [1.29, 1.82) is 0 Å². The van der Waals surface area contributed by atoms with E-state index >= 15 is 0 Å². The molecule has 0 aromatic rings. The summed E-state index contributed by atoms with van der Waals surface area (Å²) in [5, 5.41) is 9.73. The van der Waals surface area contributed by atoms with Gasteiger partial charge in [0, 0.05) is 24.5 Å². The summed E-state index contributed by atoms with van der Waals surface area (Å²) in [5.41, 5.74) is 0.0649. The number of likely N-dealkylation sites (tertiary alicyclic amines) is 1. The largest absolute Gasteiger partial charge is 0.392 e. The van der Waals surface area contributed by atoms with Crippen LogP contribution in [0, 0.1) is 17.3 Å². The van der Waals surface area contributed by atoms with Gasteiger partial charge in [-0.15, -0.1) is 0 Å². The zero-order valence-electron chi connectivity index (χ0n) is 11.8. The third kappa shape index (κ3) is 5.54. The second-order valence-corrected chi connectivity index (χ2v) is 6.29. The second kappa shape index (κ2) is 5.86. The molecule has 2 unspecified atom stereocenters. The number of nitrogens with zero attached hydrogens (tertiary/aromatic N) is 2. The number of aliphatic hydroxyl groups is 1. The Kier molecular flexibility index (Phi) is 5.00. The number of hydrogen-bond donors (Lipinski definition) is 1. The molecule has 1 rings (SSSR count). The fraction of sp³-hybridized carbons (Fsp3) is 0.857. The highest BCUT2D eigenvalue weighted by molar-refractivity contribution is 5.09. The van der Waals surface area contributed by atoms with E-state index in [-0.39, 0.29) is 11.5 Å². The molecule has 0 saturated carbocycles. The first-order valence-corrected chi connectivity index (χ1v) is 6.35. The summed E-state index contributed by atoms with van der Waals surface area (Å²) in [4.78, 5) is 4.47. The number of likely N-dealkylation sites (N-methyl/N-ethyl adjacent to an activating group) is 1. The summed E-state index contributed by atoms with van der Waals surface area (Å²) >= 11 is 0. The first kappa shape index (κ1) is 14.5. The molecule has 2 atom stereocenters. The molecule has 0 aliphatic carbocycles. The third-order valence-electron chi connectivity index (χ3n) is 2.83. The Morgan fingerprint density at radius 2 is 2.00 bits per heavy atom. The van der Waals surface area contributed by atoms with E-state index in [2.05, 4.69) is 56.5 Å². The minimum Gasteiger partial charge on any atom is -0.392 e. The summed E-state index contributed by atoms with van der Waals surface area (Å²) in [7, 11) is 4.15. The van der Waals surface area contributed by atoms with E-state index in [1.807, 2.05) is 0 Å². The molecule has 0 amide bonds. The van der Waals surface area contributed by atoms with Crippen molar-refractivity contribution < 1.29 is 5.11 Å². The lowest BCUT2D eigenvalue weighted by Crippen LogP contribution is -2.37. The standard InChI is InChI=1S/C14H26N2O/c1-14(2,3)7-6-8-16-11-13(17)9-12(16)10-15(4)5/h12-13,17H,8-11H2,1-5H3. The van der Waals surface area contributed by atoms with Gasteiger partial charge in [0.05, 0.1) is 12.6 Å². The van der Waals surface area contributed by atoms with Gasteiger partial charge in [-0.3, -0.25) is 4.90 Å². The van der Waals surface area contributed by atoms with E-state index in [9.17, 15) is 5.11 Å². The topological polar surface area (TPSA) is 26.7 Å². The molecule has 1 heterocycles. The molecule has 1 aliphatic rings. The van der Waals surface area contributed by atoms with Gasteiger partial charge in [-0.2, -0.15) is 0 Å². The highest BCUT2D eigenvalue weighted by Crippen LogP contribution is 2.18. The van der Waals surface area contributed by atoms with Crippen molar-refractivity contribution >= 4 is 0 Å². The van der Waals surface area contributed by atoms with Crippen LogP contribution in [0.3, 0.4) is 0 Å². The molecule has 1 saturated heterocycles. The normalized spacial score (nSPS) is 26.1. The van der Waals surface area contributed by atoms with Crippen LogP contribution in [0.25, 0.3) is 0 Å². The van der Waals surface area contributed by atoms with E-state index in [0.717, 1.165) is 26.1 Å². The molecule has 0 aromatic carbocycles. The van der Waals surface area contributed by atoms with E-state index in [1.165, 1.54) is 0 Å². The zero-order valence-corrected chi connectivity index (χ0v) is 11.8. The predicted octanol–water partition coefficient (Wildman–Crippen LogP) is 1.03. The van der Waals surface area contributed by atoms with Crippen LogP contribution in [0.5, 0.6) is 0 Å². The van der Waals surface area contributed by atoms with Crippen LogP contribution in [0.1, 0.15) is 27.2 Å². The van der Waals surface area contributed by atoms with Crippen LogP contribution in [0.2, 0.25) is 0 Å². The van der Waals surface area contributed by atoms with Crippen LogP contribution in [0.15, 0.2) is 0 Å². The Balaban J connectivity index is 2.52. The van der Waals surface area contributed by atoms with Crippen LogP contribution in [-0.4, -0.2) is 60.8 Å². The van der Waals surface area contributed by atoms with Gasteiger partial charge >= 0.3 is 0 Å². The molecule has 0 radical (unpaired) electrons. The molecule has 17 heavy (non-hydrogen) atoms. The van der Waals surface area contributed by atoms with Crippen LogP contribution in [-0.2, 0) is 0 Å². The summed E-state index contributed by atoms with van der Waals surface area (Å²) in [6, 6.07) is 0.439. The molecular weight excluding hydrogens is 212 g/mol. The van der Waals surface area contributed by atoms with Crippen molar-refractivity contribution in [1.82, 2.24) is 9.80 Å². The zero-order chi connectivity index (χ0) is 13.1. The molecule has 0 spiro atoms. The maximum atomic E-state index is 9.73. The van der Waals surface area contributed by atoms with Crippen molar-refractivity contribution in [2.24, 2.45) is 5.41 Å². The lowest BCUT2D eigenvalue weighted by atomic mass is 9.98. The monoisotopic (exact) mass is 238 g/mol. The molecule has 1 N–H and O–H groups in total. The van der Waals surface area contributed by atoms with Gasteiger partial charge in [0.1, 0.15) is 0 Å². The molecule has 3 heteroatoms. The minimum atomic E-state index is -0.184. The molecular formula is C14H26N2O. The van der Waals surface area contributed by atoms with Crippen molar-refractivity contribution in [3.05, 3.63) is 0 Å². The van der Waals surface area contributed by atoms with Crippen molar-refractivity contribution in [2.75, 3.05) is 33.7 Å². The van der Waals surface area contributed by atoms with Gasteiger partial charge in [0.25, 0.3) is 0 Å². The van der Waals surface area contributed by atoms with Crippen molar-refractivity contribution in [3.8, 4) is 11.8 Å². The fourth-order valence-corrected chi connectivity index (χ4v) is 2.17. The smallest absolute Gasteiger partial charge is 0.0683 e. The number of aliphatic hydroxyl groups excluding tert-OH is 1. The van der Waals surface area contributed by atoms with Gasteiger partial charge in [-0.05, 0) is 41.3 Å². The molecule has 98 valence electrons. The Morgan fingerprint density at radius 1 is 1.35 bits per heavy atom. The first-order chi connectivity index (χ1) is 7.78. The summed E-state index contributed by atoms with van der Waals surface area (Å²) < 4.78 is 0.